The van der Waals surface area contributed by atoms with Crippen molar-refractivity contribution in [2.45, 2.75) is 20.0 Å². The first-order valence-corrected chi connectivity index (χ1v) is 10.6. The van der Waals surface area contributed by atoms with Crippen LogP contribution in [-0.2, 0) is 13.1 Å². The van der Waals surface area contributed by atoms with Crippen molar-refractivity contribution in [1.82, 2.24) is 19.6 Å². The number of nitrogens with one attached hydrogen (secondary N) is 1. The van der Waals surface area contributed by atoms with Crippen molar-refractivity contribution in [3.63, 3.8) is 0 Å². The van der Waals surface area contributed by atoms with Crippen LogP contribution in [0.2, 0.25) is 0 Å². The molecule has 156 valence electrons. The summed E-state index contributed by atoms with van der Waals surface area (Å²) in [7, 11) is 0. The molecule has 0 amide bonds. The third kappa shape index (κ3) is 5.23. The van der Waals surface area contributed by atoms with E-state index in [1.807, 2.05) is 18.3 Å². The first-order valence-electron chi connectivity index (χ1n) is 10.2. The van der Waals surface area contributed by atoms with Crippen LogP contribution in [0.25, 0.3) is 0 Å². The summed E-state index contributed by atoms with van der Waals surface area (Å²) in [4.78, 5) is 4.63. The molecule has 2 aromatic carbocycles. The molecule has 1 saturated heterocycles. The van der Waals surface area contributed by atoms with E-state index in [9.17, 15) is 4.39 Å². The molecule has 2 heterocycles. The molecular formula is C23H26FN5S. The summed E-state index contributed by atoms with van der Waals surface area (Å²) >= 11 is 5.59. The maximum absolute atomic E-state index is 13.8. The van der Waals surface area contributed by atoms with Crippen molar-refractivity contribution in [2.75, 3.05) is 31.5 Å². The normalized spacial score (nSPS) is 14.7. The molecular weight excluding hydrogens is 397 g/mol. The Morgan fingerprint density at radius 2 is 1.73 bits per heavy atom. The summed E-state index contributed by atoms with van der Waals surface area (Å²) in [6.45, 7) is 7.17. The van der Waals surface area contributed by atoms with E-state index in [0.29, 0.717) is 23.0 Å². The Hall–Kier alpha value is -2.77. The minimum Gasteiger partial charge on any atom is -0.346 e. The molecule has 1 N–H and O–H groups in total. The molecule has 0 bridgehead atoms. The number of benzene rings is 2. The summed E-state index contributed by atoms with van der Waals surface area (Å²) in [6.07, 6.45) is 1.83. The number of hydrogen-bond donors (Lipinski definition) is 1. The highest BCUT2D eigenvalue weighted by atomic mass is 32.1. The maximum atomic E-state index is 13.8. The molecule has 0 unspecified atom stereocenters. The van der Waals surface area contributed by atoms with Gasteiger partial charge in [-0.05, 0) is 30.8 Å². The monoisotopic (exact) mass is 423 g/mol. The smallest absolute Gasteiger partial charge is 0.174 e. The van der Waals surface area contributed by atoms with Crippen molar-refractivity contribution in [3.8, 4) is 0 Å². The highest BCUT2D eigenvalue weighted by Crippen LogP contribution is 2.13. The molecule has 0 aliphatic carbocycles. The number of thiocarbonyl (C=S) groups is 1. The van der Waals surface area contributed by atoms with Gasteiger partial charge in [-0.15, -0.1) is 0 Å². The summed E-state index contributed by atoms with van der Waals surface area (Å²) < 4.78 is 15.5. The molecule has 1 fully saturated rings. The van der Waals surface area contributed by atoms with Gasteiger partial charge in [0, 0.05) is 50.6 Å². The summed E-state index contributed by atoms with van der Waals surface area (Å²) in [6, 6.07) is 17.3. The molecule has 1 aromatic heterocycles. The van der Waals surface area contributed by atoms with E-state index in [0.717, 1.165) is 32.7 Å². The summed E-state index contributed by atoms with van der Waals surface area (Å²) in [5.41, 5.74) is 3.24. The van der Waals surface area contributed by atoms with Gasteiger partial charge in [-0.25, -0.2) is 4.39 Å². The quantitative estimate of drug-likeness (QED) is 0.630. The molecule has 0 spiro atoms. The zero-order chi connectivity index (χ0) is 20.9. The Bertz CT molecular complexity index is 993. The summed E-state index contributed by atoms with van der Waals surface area (Å²) in [5.74, 6) is 0.458. The highest BCUT2D eigenvalue weighted by Gasteiger charge is 2.19. The molecule has 3 aromatic rings. The molecule has 4 rings (SSSR count). The fourth-order valence-corrected chi connectivity index (χ4v) is 3.85. The van der Waals surface area contributed by atoms with Crippen LogP contribution in [0.15, 0.2) is 60.8 Å². The topological polar surface area (TPSA) is 36.3 Å². The fraction of sp³-hybridized carbons (Fsp3) is 0.304. The molecule has 0 atom stereocenters. The molecule has 1 aliphatic rings. The number of halogens is 1. The van der Waals surface area contributed by atoms with E-state index < -0.39 is 0 Å². The summed E-state index contributed by atoms with van der Waals surface area (Å²) in [5, 5.41) is 8.37. The standard InChI is InChI=1S/C23H26FN5S/c1-18-6-8-19(9-7-18)16-27-12-14-28(15-13-27)23(30)25-22-10-11-29(26-22)17-20-4-2-3-5-21(20)24/h2-11H,12-17H2,1H3,(H,25,26,30). The van der Waals surface area contributed by atoms with E-state index in [4.69, 9.17) is 12.2 Å². The Kier molecular flexibility index (Phi) is 6.40. The van der Waals surface area contributed by atoms with Crippen molar-refractivity contribution in [2.24, 2.45) is 0 Å². The van der Waals surface area contributed by atoms with Crippen molar-refractivity contribution < 1.29 is 4.39 Å². The van der Waals surface area contributed by atoms with E-state index in [1.165, 1.54) is 17.2 Å². The van der Waals surface area contributed by atoms with Crippen LogP contribution in [0.5, 0.6) is 0 Å². The third-order valence-corrected chi connectivity index (χ3v) is 5.71. The number of piperazine rings is 1. The van der Waals surface area contributed by atoms with Gasteiger partial charge in [0.15, 0.2) is 10.9 Å². The fourth-order valence-electron chi connectivity index (χ4n) is 3.57. The van der Waals surface area contributed by atoms with Gasteiger partial charge in [0.25, 0.3) is 0 Å². The van der Waals surface area contributed by atoms with Crippen molar-refractivity contribution >= 4 is 23.1 Å². The average Bonchev–Trinajstić information content (AvgIpc) is 3.19. The van der Waals surface area contributed by atoms with Gasteiger partial charge in [-0.1, -0.05) is 48.0 Å². The van der Waals surface area contributed by atoms with Crippen molar-refractivity contribution in [3.05, 3.63) is 83.3 Å². The first kappa shape index (κ1) is 20.5. The Balaban J connectivity index is 1.26. The minimum atomic E-state index is -0.221. The lowest BCUT2D eigenvalue weighted by Crippen LogP contribution is -2.49. The van der Waals surface area contributed by atoms with Gasteiger partial charge >= 0.3 is 0 Å². The Labute approximate surface area is 182 Å². The van der Waals surface area contributed by atoms with Gasteiger partial charge in [0.2, 0.25) is 0 Å². The number of aromatic nitrogens is 2. The predicted octanol–water partition coefficient (Wildman–Crippen LogP) is 3.89. The van der Waals surface area contributed by atoms with Crippen LogP contribution in [0, 0.1) is 12.7 Å². The lowest BCUT2D eigenvalue weighted by atomic mass is 10.1. The highest BCUT2D eigenvalue weighted by molar-refractivity contribution is 7.80. The van der Waals surface area contributed by atoms with Crippen LogP contribution in [0.1, 0.15) is 16.7 Å². The van der Waals surface area contributed by atoms with Crippen molar-refractivity contribution in [1.29, 1.82) is 0 Å². The van der Waals surface area contributed by atoms with E-state index in [1.54, 1.807) is 16.8 Å². The van der Waals surface area contributed by atoms with Crippen LogP contribution < -0.4 is 5.32 Å². The molecule has 7 heteroatoms. The molecule has 30 heavy (non-hydrogen) atoms. The number of hydrogen-bond acceptors (Lipinski definition) is 3. The predicted molar refractivity (Wildman–Crippen MR) is 122 cm³/mol. The van der Waals surface area contributed by atoms with Crippen LogP contribution in [0.3, 0.4) is 0 Å². The lowest BCUT2D eigenvalue weighted by molar-refractivity contribution is 0.177. The number of aryl methyl sites for hydroxylation is 1. The molecule has 1 aliphatic heterocycles. The van der Waals surface area contributed by atoms with Crippen LogP contribution in [-0.4, -0.2) is 50.9 Å². The molecule has 5 nitrogen and oxygen atoms in total. The Morgan fingerprint density at radius 3 is 2.47 bits per heavy atom. The molecule has 0 radical (unpaired) electrons. The van der Waals surface area contributed by atoms with Crippen LogP contribution >= 0.6 is 12.2 Å². The van der Waals surface area contributed by atoms with E-state index in [2.05, 4.69) is 51.4 Å². The second-order valence-electron chi connectivity index (χ2n) is 7.67. The minimum absolute atomic E-state index is 0.221. The van der Waals surface area contributed by atoms with Gasteiger partial charge in [0.05, 0.1) is 6.54 Å². The largest absolute Gasteiger partial charge is 0.346 e. The second-order valence-corrected chi connectivity index (χ2v) is 8.06. The third-order valence-electron chi connectivity index (χ3n) is 5.35. The van der Waals surface area contributed by atoms with E-state index in [-0.39, 0.29) is 5.82 Å². The van der Waals surface area contributed by atoms with Gasteiger partial charge in [0.1, 0.15) is 5.82 Å². The zero-order valence-electron chi connectivity index (χ0n) is 17.1. The second kappa shape index (κ2) is 9.36. The van der Waals surface area contributed by atoms with Gasteiger partial charge in [-0.2, -0.15) is 5.10 Å². The van der Waals surface area contributed by atoms with Crippen LogP contribution in [0.4, 0.5) is 10.2 Å². The maximum Gasteiger partial charge on any atom is 0.174 e. The number of rotatable bonds is 5. The number of anilines is 1. The molecule has 0 saturated carbocycles. The number of nitrogens with zero attached hydrogens (tertiary/aromatic N) is 4. The first-order chi connectivity index (χ1) is 14.6. The average molecular weight is 424 g/mol. The SMILES string of the molecule is Cc1ccc(CN2CCN(C(=S)Nc3ccn(Cc4ccccc4F)n3)CC2)cc1. The van der Waals surface area contributed by atoms with Gasteiger partial charge in [-0.3, -0.25) is 9.58 Å². The lowest BCUT2D eigenvalue weighted by Gasteiger charge is -2.36. The zero-order valence-corrected chi connectivity index (χ0v) is 17.9. The van der Waals surface area contributed by atoms with E-state index >= 15 is 0 Å². The Morgan fingerprint density at radius 1 is 1.00 bits per heavy atom. The van der Waals surface area contributed by atoms with Gasteiger partial charge < -0.3 is 10.2 Å².